The number of rotatable bonds is 2. The molecule has 0 fully saturated rings. The van der Waals surface area contributed by atoms with Gasteiger partial charge in [-0.2, -0.15) is 0 Å². The van der Waals surface area contributed by atoms with Crippen LogP contribution in [0.4, 0.5) is 17.1 Å². The Bertz CT molecular complexity index is 1260. The Kier molecular flexibility index (Phi) is 4.06. The van der Waals surface area contributed by atoms with E-state index in [0.717, 1.165) is 11.1 Å². The van der Waals surface area contributed by atoms with E-state index in [4.69, 9.17) is 0 Å². The van der Waals surface area contributed by atoms with E-state index in [1.807, 2.05) is 24.3 Å². The second-order valence-electron chi connectivity index (χ2n) is 7.30. The first-order valence-electron chi connectivity index (χ1n) is 9.57. The Morgan fingerprint density at radius 3 is 2.43 bits per heavy atom. The Labute approximate surface area is 172 Å². The van der Waals surface area contributed by atoms with Crippen LogP contribution < -0.4 is 10.6 Å². The molecule has 0 aromatic heterocycles. The van der Waals surface area contributed by atoms with Gasteiger partial charge in [0.15, 0.2) is 5.78 Å². The van der Waals surface area contributed by atoms with Gasteiger partial charge in [-0.05, 0) is 35.9 Å². The summed E-state index contributed by atoms with van der Waals surface area (Å²) in [4.78, 5) is 41.9. The van der Waals surface area contributed by atoms with Crippen LogP contribution in [0.2, 0.25) is 0 Å². The number of hydrogen-bond donors (Lipinski definition) is 2. The van der Waals surface area contributed by atoms with Crippen molar-refractivity contribution in [2.24, 2.45) is 4.99 Å². The lowest BCUT2D eigenvalue weighted by molar-refractivity contribution is -0.114. The molecule has 0 bridgehead atoms. The summed E-state index contributed by atoms with van der Waals surface area (Å²) < 4.78 is 0. The average Bonchev–Trinajstić information content (AvgIpc) is 2.74. The third-order valence-corrected chi connectivity index (χ3v) is 5.35. The highest BCUT2D eigenvalue weighted by Crippen LogP contribution is 2.44. The molecule has 1 unspecified atom stereocenters. The molecule has 5 rings (SSSR count). The smallest absolute Gasteiger partial charge is 0.271 e. The lowest BCUT2D eigenvalue weighted by Gasteiger charge is -2.33. The number of carbonyl (C=O) groups excluding carboxylic acids is 3. The number of nitrogens with zero attached hydrogens (tertiary/aromatic N) is 1. The van der Waals surface area contributed by atoms with Crippen molar-refractivity contribution in [2.75, 3.05) is 10.6 Å². The number of fused-ring (bicyclic) bond motifs is 2. The third kappa shape index (κ3) is 2.81. The molecular weight excluding hydrogens is 378 g/mol. The maximum Gasteiger partial charge on any atom is 0.271 e. The van der Waals surface area contributed by atoms with Gasteiger partial charge >= 0.3 is 0 Å². The second kappa shape index (κ2) is 6.77. The summed E-state index contributed by atoms with van der Waals surface area (Å²) in [6, 6.07) is 19.7. The molecule has 2 N–H and O–H groups in total. The molecule has 2 aliphatic rings. The van der Waals surface area contributed by atoms with Crippen molar-refractivity contribution >= 4 is 40.4 Å². The van der Waals surface area contributed by atoms with Crippen LogP contribution in [0.1, 0.15) is 39.9 Å². The predicted molar refractivity (Wildman–Crippen MR) is 115 cm³/mol. The van der Waals surface area contributed by atoms with E-state index in [9.17, 15) is 14.4 Å². The molecule has 1 heterocycles. The van der Waals surface area contributed by atoms with Gasteiger partial charge in [-0.3, -0.25) is 14.4 Å². The van der Waals surface area contributed by atoms with E-state index < -0.39 is 5.92 Å². The number of nitrogens with one attached hydrogen (secondary N) is 2. The van der Waals surface area contributed by atoms with E-state index in [1.54, 1.807) is 42.5 Å². The highest BCUT2D eigenvalue weighted by molar-refractivity contribution is 6.48. The molecule has 1 aliphatic carbocycles. The molecular formula is C24H17N3O3. The fourth-order valence-corrected chi connectivity index (χ4v) is 4.12. The maximum absolute atomic E-state index is 13.0. The first kappa shape index (κ1) is 18.0. The highest BCUT2D eigenvalue weighted by Gasteiger charge is 2.41. The minimum atomic E-state index is -0.422. The number of amides is 2. The van der Waals surface area contributed by atoms with Crippen LogP contribution in [0.25, 0.3) is 0 Å². The number of hydrogen-bond acceptors (Lipinski definition) is 4. The molecule has 1 aliphatic heterocycles. The Hall–Kier alpha value is -4.06. The Morgan fingerprint density at radius 1 is 0.933 bits per heavy atom. The Balaban J connectivity index is 1.67. The van der Waals surface area contributed by atoms with Crippen molar-refractivity contribution < 1.29 is 14.4 Å². The topological polar surface area (TPSA) is 87.6 Å². The van der Waals surface area contributed by atoms with Gasteiger partial charge < -0.3 is 10.6 Å². The van der Waals surface area contributed by atoms with Crippen LogP contribution in [0.15, 0.2) is 71.7 Å². The third-order valence-electron chi connectivity index (χ3n) is 5.35. The van der Waals surface area contributed by atoms with Crippen LogP contribution >= 0.6 is 0 Å². The number of benzene rings is 3. The van der Waals surface area contributed by atoms with E-state index in [-0.39, 0.29) is 17.6 Å². The van der Waals surface area contributed by atoms with Crippen molar-refractivity contribution in [1.82, 2.24) is 0 Å². The molecule has 2 amide bonds. The average molecular weight is 395 g/mol. The van der Waals surface area contributed by atoms with Gasteiger partial charge in [0, 0.05) is 35.0 Å². The molecule has 6 nitrogen and oxygen atoms in total. The second-order valence-corrected chi connectivity index (χ2v) is 7.30. The minimum Gasteiger partial charge on any atom is -0.326 e. The summed E-state index contributed by atoms with van der Waals surface area (Å²) in [5.41, 5.74) is 4.97. The van der Waals surface area contributed by atoms with Gasteiger partial charge in [-0.1, -0.05) is 36.4 Å². The summed E-state index contributed by atoms with van der Waals surface area (Å²) in [7, 11) is 0. The summed E-state index contributed by atoms with van der Waals surface area (Å²) in [6.45, 7) is 1.44. The van der Waals surface area contributed by atoms with Crippen LogP contribution in [0.5, 0.6) is 0 Å². The van der Waals surface area contributed by atoms with E-state index >= 15 is 0 Å². The first-order valence-corrected chi connectivity index (χ1v) is 9.57. The lowest BCUT2D eigenvalue weighted by Crippen LogP contribution is -2.38. The van der Waals surface area contributed by atoms with Gasteiger partial charge in [0.2, 0.25) is 5.91 Å². The zero-order valence-electron chi connectivity index (χ0n) is 16.1. The van der Waals surface area contributed by atoms with Gasteiger partial charge in [-0.15, -0.1) is 0 Å². The lowest BCUT2D eigenvalue weighted by atomic mass is 9.73. The van der Waals surface area contributed by atoms with Gasteiger partial charge in [0.25, 0.3) is 5.91 Å². The van der Waals surface area contributed by atoms with Gasteiger partial charge in [-0.25, -0.2) is 4.99 Å². The van der Waals surface area contributed by atoms with E-state index in [2.05, 4.69) is 15.6 Å². The van der Waals surface area contributed by atoms with Crippen molar-refractivity contribution in [3.63, 3.8) is 0 Å². The normalized spacial score (nSPS) is 17.8. The molecule has 146 valence electrons. The summed E-state index contributed by atoms with van der Waals surface area (Å²) >= 11 is 0. The van der Waals surface area contributed by atoms with E-state index in [0.29, 0.717) is 33.9 Å². The number of anilines is 2. The SMILES string of the molecule is CC(=O)Nc1ccc(N=C2C(=O)Nc3cccc4c3C2c2ccccc2C4=O)cc1. The van der Waals surface area contributed by atoms with Crippen LogP contribution in [0.3, 0.4) is 0 Å². The van der Waals surface area contributed by atoms with Crippen molar-refractivity contribution in [1.29, 1.82) is 0 Å². The fourth-order valence-electron chi connectivity index (χ4n) is 4.12. The Morgan fingerprint density at radius 2 is 1.67 bits per heavy atom. The molecule has 0 radical (unpaired) electrons. The minimum absolute atomic E-state index is 0.0474. The van der Waals surface area contributed by atoms with Gasteiger partial charge in [0.1, 0.15) is 5.71 Å². The van der Waals surface area contributed by atoms with Crippen LogP contribution in [0, 0.1) is 0 Å². The molecule has 6 heteroatoms. The van der Waals surface area contributed by atoms with Crippen LogP contribution in [-0.4, -0.2) is 23.3 Å². The summed E-state index contributed by atoms with van der Waals surface area (Å²) in [6.07, 6.45) is 0. The zero-order chi connectivity index (χ0) is 20.8. The van der Waals surface area contributed by atoms with Crippen molar-refractivity contribution in [3.8, 4) is 0 Å². The maximum atomic E-state index is 13.0. The first-order chi connectivity index (χ1) is 14.5. The molecule has 1 atom stereocenters. The summed E-state index contributed by atoms with van der Waals surface area (Å²) in [5.74, 6) is -0.921. The predicted octanol–water partition coefficient (Wildman–Crippen LogP) is 4.05. The van der Waals surface area contributed by atoms with Gasteiger partial charge in [0.05, 0.1) is 11.6 Å². The number of aliphatic imine (C=N–C) groups is 1. The zero-order valence-corrected chi connectivity index (χ0v) is 16.1. The number of ketones is 1. The quantitative estimate of drug-likeness (QED) is 0.686. The number of carbonyl (C=O) groups is 3. The molecule has 0 spiro atoms. The van der Waals surface area contributed by atoms with E-state index in [1.165, 1.54) is 6.92 Å². The molecule has 30 heavy (non-hydrogen) atoms. The largest absolute Gasteiger partial charge is 0.326 e. The van der Waals surface area contributed by atoms with Crippen molar-refractivity contribution in [2.45, 2.75) is 12.8 Å². The standard InChI is InChI=1S/C24H17N3O3/c1-13(28)25-14-9-11-15(12-10-14)26-22-21-16-5-2-3-6-17(16)23(29)18-7-4-8-19(20(18)21)27-24(22)30/h2-12,21H,1H3,(H,25,28)(H,27,30). The molecule has 0 saturated carbocycles. The highest BCUT2D eigenvalue weighted by atomic mass is 16.2. The fraction of sp³-hybridized carbons (Fsp3) is 0.0833. The van der Waals surface area contributed by atoms with Crippen molar-refractivity contribution in [3.05, 3.63) is 89.0 Å². The molecule has 3 aromatic rings. The molecule has 0 saturated heterocycles. The van der Waals surface area contributed by atoms with Crippen LogP contribution in [-0.2, 0) is 9.59 Å². The molecule has 3 aromatic carbocycles. The summed E-state index contributed by atoms with van der Waals surface area (Å²) in [5, 5.41) is 5.59. The monoisotopic (exact) mass is 395 g/mol.